The van der Waals surface area contributed by atoms with Crippen molar-refractivity contribution in [2.24, 2.45) is 5.73 Å². The molecule has 28 heavy (non-hydrogen) atoms. The van der Waals surface area contributed by atoms with Gasteiger partial charge in [0.2, 0.25) is 0 Å². The lowest BCUT2D eigenvalue weighted by Crippen LogP contribution is -2.37. The summed E-state index contributed by atoms with van der Waals surface area (Å²) in [4.78, 5) is 27.8. The van der Waals surface area contributed by atoms with Gasteiger partial charge in [0.1, 0.15) is 5.82 Å². The minimum absolute atomic E-state index is 0. The number of carbonyl (C=O) groups excluding carboxylic acids is 2. The number of anilines is 1. The second kappa shape index (κ2) is 10.1. The number of nitrogens with zero attached hydrogens (tertiary/aromatic N) is 2. The smallest absolute Gasteiger partial charge is 0.321 e. The van der Waals surface area contributed by atoms with E-state index >= 15 is 0 Å². The minimum Gasteiger partial charge on any atom is -0.337 e. The Morgan fingerprint density at radius 2 is 1.93 bits per heavy atom. The summed E-state index contributed by atoms with van der Waals surface area (Å²) in [6.07, 6.45) is 0.655. The Balaban J connectivity index is 0.00000280. The van der Waals surface area contributed by atoms with Crippen molar-refractivity contribution in [3.63, 3.8) is 0 Å². The average Bonchev–Trinajstić information content (AvgIpc) is 3.12. The first-order chi connectivity index (χ1) is 13.1. The molecule has 0 spiro atoms. The Morgan fingerprint density at radius 1 is 1.18 bits per heavy atom. The number of rotatable bonds is 7. The molecule has 0 unspecified atom stereocenters. The molecule has 1 heterocycles. The monoisotopic (exact) mass is 406 g/mol. The van der Waals surface area contributed by atoms with Gasteiger partial charge < -0.3 is 16.0 Å². The fraction of sp³-hybridized carbons (Fsp3) is 0.300. The van der Waals surface area contributed by atoms with Crippen molar-refractivity contribution in [1.82, 2.24) is 10.2 Å². The zero-order valence-corrected chi connectivity index (χ0v) is 16.3. The Bertz CT molecular complexity index is 819. The lowest BCUT2D eigenvalue weighted by Gasteiger charge is -2.23. The summed E-state index contributed by atoms with van der Waals surface area (Å²) in [5.41, 5.74) is 7.20. The lowest BCUT2D eigenvalue weighted by molar-refractivity contribution is 0.0757. The van der Waals surface area contributed by atoms with Crippen molar-refractivity contribution in [2.45, 2.75) is 6.42 Å². The molecule has 1 fully saturated rings. The van der Waals surface area contributed by atoms with E-state index < -0.39 is 11.7 Å². The summed E-state index contributed by atoms with van der Waals surface area (Å²) < 4.78 is 14.4. The molecule has 0 radical (unpaired) electrons. The maximum absolute atomic E-state index is 14.4. The van der Waals surface area contributed by atoms with Gasteiger partial charge in [-0.05, 0) is 30.2 Å². The second-order valence-corrected chi connectivity index (χ2v) is 6.36. The zero-order valence-electron chi connectivity index (χ0n) is 15.4. The van der Waals surface area contributed by atoms with Gasteiger partial charge in [-0.15, -0.1) is 12.4 Å². The summed E-state index contributed by atoms with van der Waals surface area (Å²) in [5, 5.41) is 2.69. The molecule has 0 bridgehead atoms. The Hall–Kier alpha value is -2.64. The number of urea groups is 1. The summed E-state index contributed by atoms with van der Waals surface area (Å²) >= 11 is 0. The SMILES string of the molecule is Cl.NCCN(CCc1ccccc1)C(=O)c1cc(N2CCNC2=O)ccc1F. The van der Waals surface area contributed by atoms with E-state index in [-0.39, 0.29) is 30.5 Å². The van der Waals surface area contributed by atoms with Crippen LogP contribution in [0.15, 0.2) is 48.5 Å². The number of halogens is 2. The van der Waals surface area contributed by atoms with E-state index in [1.165, 1.54) is 23.1 Å². The standard InChI is InChI=1S/C20H23FN4O2.ClH/c21-18-7-6-16(25-13-10-23-20(25)27)14-17(18)19(26)24(12-9-22)11-8-15-4-2-1-3-5-15;/h1-7,14H,8-13,22H2,(H,23,27);1H. The molecule has 3 N–H and O–H groups in total. The number of hydrogen-bond donors (Lipinski definition) is 2. The van der Waals surface area contributed by atoms with Crippen LogP contribution in [0.4, 0.5) is 14.9 Å². The molecule has 150 valence electrons. The second-order valence-electron chi connectivity index (χ2n) is 6.36. The highest BCUT2D eigenvalue weighted by Crippen LogP contribution is 2.22. The van der Waals surface area contributed by atoms with Gasteiger partial charge in [0, 0.05) is 38.4 Å². The van der Waals surface area contributed by atoms with Crippen LogP contribution in [0, 0.1) is 5.82 Å². The van der Waals surface area contributed by atoms with E-state index in [0.717, 1.165) is 5.56 Å². The van der Waals surface area contributed by atoms with Gasteiger partial charge in [-0.3, -0.25) is 9.69 Å². The van der Waals surface area contributed by atoms with Crippen LogP contribution in [-0.4, -0.2) is 49.6 Å². The molecule has 3 rings (SSSR count). The number of amides is 3. The Kier molecular flexibility index (Phi) is 7.78. The molecule has 1 aliphatic rings. The van der Waals surface area contributed by atoms with Crippen molar-refractivity contribution in [1.29, 1.82) is 0 Å². The Labute approximate surface area is 169 Å². The van der Waals surface area contributed by atoms with Gasteiger partial charge in [0.15, 0.2) is 0 Å². The van der Waals surface area contributed by atoms with Crippen LogP contribution in [0.3, 0.4) is 0 Å². The average molecular weight is 407 g/mol. The summed E-state index contributed by atoms with van der Waals surface area (Å²) in [5.74, 6) is -1.03. The van der Waals surface area contributed by atoms with Gasteiger partial charge in [-0.2, -0.15) is 0 Å². The molecule has 1 saturated heterocycles. The van der Waals surface area contributed by atoms with Crippen LogP contribution in [-0.2, 0) is 6.42 Å². The molecule has 0 saturated carbocycles. The van der Waals surface area contributed by atoms with Crippen LogP contribution < -0.4 is 16.0 Å². The van der Waals surface area contributed by atoms with Gasteiger partial charge in [-0.25, -0.2) is 9.18 Å². The fourth-order valence-corrected chi connectivity index (χ4v) is 3.11. The maximum Gasteiger partial charge on any atom is 0.321 e. The fourth-order valence-electron chi connectivity index (χ4n) is 3.11. The predicted molar refractivity (Wildman–Crippen MR) is 109 cm³/mol. The molecule has 0 aromatic heterocycles. The molecule has 3 amide bonds. The van der Waals surface area contributed by atoms with Crippen LogP contribution in [0.2, 0.25) is 0 Å². The molecular formula is C20H24ClFN4O2. The first-order valence-electron chi connectivity index (χ1n) is 8.98. The number of nitrogens with two attached hydrogens (primary N) is 1. The summed E-state index contributed by atoms with van der Waals surface area (Å²) in [6.45, 7) is 2.07. The molecule has 2 aromatic carbocycles. The highest BCUT2D eigenvalue weighted by atomic mass is 35.5. The molecule has 2 aromatic rings. The maximum atomic E-state index is 14.4. The van der Waals surface area contributed by atoms with E-state index in [4.69, 9.17) is 5.73 Å². The molecule has 1 aliphatic heterocycles. The summed E-state index contributed by atoms with van der Waals surface area (Å²) in [6, 6.07) is 13.7. The quantitative estimate of drug-likeness (QED) is 0.741. The van der Waals surface area contributed by atoms with Crippen LogP contribution in [0.25, 0.3) is 0 Å². The van der Waals surface area contributed by atoms with Gasteiger partial charge in [0.25, 0.3) is 5.91 Å². The topological polar surface area (TPSA) is 78.7 Å². The lowest BCUT2D eigenvalue weighted by atomic mass is 10.1. The number of nitrogens with one attached hydrogen (secondary N) is 1. The largest absolute Gasteiger partial charge is 0.337 e. The number of carbonyl (C=O) groups is 2. The number of hydrogen-bond acceptors (Lipinski definition) is 3. The molecule has 0 aliphatic carbocycles. The molecule has 0 atom stereocenters. The first-order valence-corrected chi connectivity index (χ1v) is 8.98. The van der Waals surface area contributed by atoms with E-state index in [0.29, 0.717) is 38.3 Å². The van der Waals surface area contributed by atoms with Gasteiger partial charge in [0.05, 0.1) is 5.56 Å². The van der Waals surface area contributed by atoms with Crippen molar-refractivity contribution in [2.75, 3.05) is 37.6 Å². The highest BCUT2D eigenvalue weighted by molar-refractivity contribution is 5.98. The van der Waals surface area contributed by atoms with E-state index in [1.807, 2.05) is 30.3 Å². The molecule has 6 nitrogen and oxygen atoms in total. The predicted octanol–water partition coefficient (Wildman–Crippen LogP) is 2.42. The third-order valence-electron chi connectivity index (χ3n) is 4.55. The van der Waals surface area contributed by atoms with E-state index in [9.17, 15) is 14.0 Å². The third kappa shape index (κ3) is 4.99. The molecular weight excluding hydrogens is 383 g/mol. The van der Waals surface area contributed by atoms with Crippen LogP contribution in [0.1, 0.15) is 15.9 Å². The third-order valence-corrected chi connectivity index (χ3v) is 4.55. The summed E-state index contributed by atoms with van der Waals surface area (Å²) in [7, 11) is 0. The van der Waals surface area contributed by atoms with Crippen LogP contribution in [0.5, 0.6) is 0 Å². The molecule has 8 heteroatoms. The first kappa shape index (κ1) is 21.7. The van der Waals surface area contributed by atoms with Crippen molar-refractivity contribution in [3.8, 4) is 0 Å². The highest BCUT2D eigenvalue weighted by Gasteiger charge is 2.25. The van der Waals surface area contributed by atoms with E-state index in [2.05, 4.69) is 5.32 Å². The van der Waals surface area contributed by atoms with E-state index in [1.54, 1.807) is 4.90 Å². The van der Waals surface area contributed by atoms with Gasteiger partial charge in [-0.1, -0.05) is 30.3 Å². The van der Waals surface area contributed by atoms with Crippen molar-refractivity contribution < 1.29 is 14.0 Å². The van der Waals surface area contributed by atoms with Crippen molar-refractivity contribution in [3.05, 3.63) is 65.5 Å². The van der Waals surface area contributed by atoms with Crippen LogP contribution >= 0.6 is 12.4 Å². The zero-order chi connectivity index (χ0) is 19.2. The number of benzene rings is 2. The minimum atomic E-state index is -0.606. The van der Waals surface area contributed by atoms with Crippen molar-refractivity contribution >= 4 is 30.0 Å². The Morgan fingerprint density at radius 3 is 2.57 bits per heavy atom. The normalized spacial score (nSPS) is 13.1. The van der Waals surface area contributed by atoms with Gasteiger partial charge >= 0.3 is 6.03 Å².